The van der Waals surface area contributed by atoms with Gasteiger partial charge in [0.2, 0.25) is 5.91 Å². The van der Waals surface area contributed by atoms with E-state index in [-0.39, 0.29) is 11.0 Å². The Balaban J connectivity index is 1.90. The fourth-order valence-corrected chi connectivity index (χ4v) is 2.31. The molecule has 0 spiro atoms. The van der Waals surface area contributed by atoms with Crippen LogP contribution in [0.15, 0.2) is 59.1 Å². The van der Waals surface area contributed by atoms with Crippen LogP contribution in [0.1, 0.15) is 11.1 Å². The Kier molecular flexibility index (Phi) is 5.86. The van der Waals surface area contributed by atoms with Crippen molar-refractivity contribution < 1.29 is 4.79 Å². The SMILES string of the molecule is Cc1ccc(C=CC(=O)NC(=S)Nc2ccccc2Br)cc1. The maximum absolute atomic E-state index is 11.8. The third kappa shape index (κ3) is 5.09. The molecule has 2 rings (SSSR count). The second-order valence-corrected chi connectivity index (χ2v) is 5.93. The molecular weight excluding hydrogens is 360 g/mol. The van der Waals surface area contributed by atoms with Crippen LogP contribution in [0.2, 0.25) is 0 Å². The van der Waals surface area contributed by atoms with Gasteiger partial charge in [-0.3, -0.25) is 10.1 Å². The fourth-order valence-electron chi connectivity index (χ4n) is 1.72. The number of para-hydroxylation sites is 1. The molecule has 0 saturated carbocycles. The molecule has 0 bridgehead atoms. The molecule has 2 N–H and O–H groups in total. The first-order valence-electron chi connectivity index (χ1n) is 6.66. The lowest BCUT2D eigenvalue weighted by atomic mass is 10.1. The van der Waals surface area contributed by atoms with E-state index in [0.29, 0.717) is 0 Å². The van der Waals surface area contributed by atoms with Gasteiger partial charge in [0.15, 0.2) is 5.11 Å². The monoisotopic (exact) mass is 374 g/mol. The predicted octanol–water partition coefficient (Wildman–Crippen LogP) is 4.28. The van der Waals surface area contributed by atoms with Crippen molar-refractivity contribution in [3.05, 3.63) is 70.2 Å². The molecule has 3 nitrogen and oxygen atoms in total. The Morgan fingerprint density at radius 2 is 1.82 bits per heavy atom. The quantitative estimate of drug-likeness (QED) is 0.621. The lowest BCUT2D eigenvalue weighted by Gasteiger charge is -2.09. The number of nitrogens with one attached hydrogen (secondary N) is 2. The Hall–Kier alpha value is -1.98. The van der Waals surface area contributed by atoms with Crippen molar-refractivity contribution >= 4 is 50.9 Å². The van der Waals surface area contributed by atoms with E-state index >= 15 is 0 Å². The third-order valence-corrected chi connectivity index (χ3v) is 3.76. The topological polar surface area (TPSA) is 41.1 Å². The first-order chi connectivity index (χ1) is 10.5. The molecule has 0 aromatic heterocycles. The molecule has 0 saturated heterocycles. The van der Waals surface area contributed by atoms with E-state index in [1.54, 1.807) is 6.08 Å². The summed E-state index contributed by atoms with van der Waals surface area (Å²) in [6, 6.07) is 15.5. The molecule has 0 aliphatic rings. The number of carbonyl (C=O) groups excluding carboxylic acids is 1. The molecule has 0 atom stereocenters. The molecular formula is C17H15BrN2OS. The summed E-state index contributed by atoms with van der Waals surface area (Å²) in [5, 5.41) is 5.83. The minimum atomic E-state index is -0.273. The smallest absolute Gasteiger partial charge is 0.250 e. The second kappa shape index (κ2) is 7.87. The zero-order chi connectivity index (χ0) is 15.9. The standard InChI is InChI=1S/C17H15BrN2OS/c1-12-6-8-13(9-7-12)10-11-16(21)20-17(22)19-15-5-3-2-4-14(15)18/h2-11H,1H3,(H2,19,20,21,22). The summed E-state index contributed by atoms with van der Waals surface area (Å²) < 4.78 is 0.877. The number of anilines is 1. The van der Waals surface area contributed by atoms with Crippen LogP contribution in [-0.2, 0) is 4.79 Å². The van der Waals surface area contributed by atoms with Gasteiger partial charge in [0.1, 0.15) is 0 Å². The molecule has 0 radical (unpaired) electrons. The highest BCUT2D eigenvalue weighted by Crippen LogP contribution is 2.20. The normalized spacial score (nSPS) is 10.5. The van der Waals surface area contributed by atoms with Crippen molar-refractivity contribution in [3.8, 4) is 0 Å². The van der Waals surface area contributed by atoms with Crippen LogP contribution in [0.4, 0.5) is 5.69 Å². The third-order valence-electron chi connectivity index (χ3n) is 2.86. The molecule has 0 aliphatic heterocycles. The first kappa shape index (κ1) is 16.4. The highest BCUT2D eigenvalue weighted by atomic mass is 79.9. The van der Waals surface area contributed by atoms with Gasteiger partial charge in [0.25, 0.3) is 0 Å². The van der Waals surface area contributed by atoms with Crippen LogP contribution in [0, 0.1) is 6.92 Å². The summed E-state index contributed by atoms with van der Waals surface area (Å²) in [5.74, 6) is -0.273. The minimum Gasteiger partial charge on any atom is -0.331 e. The number of amides is 1. The van der Waals surface area contributed by atoms with Crippen molar-refractivity contribution in [1.82, 2.24) is 5.32 Å². The molecule has 0 unspecified atom stereocenters. The Labute approximate surface area is 143 Å². The van der Waals surface area contributed by atoms with Gasteiger partial charge in [-0.1, -0.05) is 42.0 Å². The van der Waals surface area contributed by atoms with Crippen LogP contribution in [-0.4, -0.2) is 11.0 Å². The van der Waals surface area contributed by atoms with Gasteiger partial charge in [-0.2, -0.15) is 0 Å². The zero-order valence-electron chi connectivity index (χ0n) is 12.0. The predicted molar refractivity (Wildman–Crippen MR) is 98.7 cm³/mol. The molecule has 112 valence electrons. The lowest BCUT2D eigenvalue weighted by molar-refractivity contribution is -0.115. The van der Waals surface area contributed by atoms with Gasteiger partial charge < -0.3 is 5.32 Å². The average Bonchev–Trinajstić information content (AvgIpc) is 2.49. The van der Waals surface area contributed by atoms with E-state index in [9.17, 15) is 4.79 Å². The number of rotatable bonds is 3. The lowest BCUT2D eigenvalue weighted by Crippen LogP contribution is -2.32. The maximum Gasteiger partial charge on any atom is 0.250 e. The molecule has 22 heavy (non-hydrogen) atoms. The summed E-state index contributed by atoms with van der Waals surface area (Å²) in [4.78, 5) is 11.8. The zero-order valence-corrected chi connectivity index (χ0v) is 14.4. The van der Waals surface area contributed by atoms with Gasteiger partial charge in [0.05, 0.1) is 5.69 Å². The van der Waals surface area contributed by atoms with Crippen molar-refractivity contribution in [2.75, 3.05) is 5.32 Å². The van der Waals surface area contributed by atoms with E-state index in [4.69, 9.17) is 12.2 Å². The molecule has 2 aromatic rings. The first-order valence-corrected chi connectivity index (χ1v) is 7.86. The Bertz CT molecular complexity index is 711. The number of carbonyl (C=O) groups is 1. The van der Waals surface area contributed by atoms with Crippen LogP contribution >= 0.6 is 28.1 Å². The van der Waals surface area contributed by atoms with E-state index < -0.39 is 0 Å². The largest absolute Gasteiger partial charge is 0.331 e. The second-order valence-electron chi connectivity index (χ2n) is 4.67. The summed E-state index contributed by atoms with van der Waals surface area (Å²) in [6.07, 6.45) is 3.20. The Morgan fingerprint density at radius 1 is 1.14 bits per heavy atom. The molecule has 2 aromatic carbocycles. The van der Waals surface area contributed by atoms with Gasteiger partial charge in [0, 0.05) is 10.5 Å². The van der Waals surface area contributed by atoms with Crippen LogP contribution < -0.4 is 10.6 Å². The summed E-state index contributed by atoms with van der Waals surface area (Å²) in [6.45, 7) is 2.02. The number of hydrogen-bond donors (Lipinski definition) is 2. The molecule has 5 heteroatoms. The van der Waals surface area contributed by atoms with Crippen molar-refractivity contribution in [2.45, 2.75) is 6.92 Å². The minimum absolute atomic E-state index is 0.255. The fraction of sp³-hybridized carbons (Fsp3) is 0.0588. The van der Waals surface area contributed by atoms with E-state index in [1.807, 2.05) is 55.5 Å². The Morgan fingerprint density at radius 3 is 2.50 bits per heavy atom. The summed E-state index contributed by atoms with van der Waals surface area (Å²) in [7, 11) is 0. The van der Waals surface area contributed by atoms with Crippen LogP contribution in [0.25, 0.3) is 6.08 Å². The summed E-state index contributed by atoms with van der Waals surface area (Å²) >= 11 is 8.53. The van der Waals surface area contributed by atoms with Gasteiger partial charge in [-0.05, 0) is 58.8 Å². The molecule has 0 fully saturated rings. The highest BCUT2D eigenvalue weighted by molar-refractivity contribution is 9.10. The number of aryl methyl sites for hydroxylation is 1. The van der Waals surface area contributed by atoms with E-state index in [2.05, 4.69) is 26.6 Å². The van der Waals surface area contributed by atoms with Gasteiger partial charge >= 0.3 is 0 Å². The van der Waals surface area contributed by atoms with Gasteiger partial charge in [-0.15, -0.1) is 0 Å². The van der Waals surface area contributed by atoms with Crippen LogP contribution in [0.3, 0.4) is 0 Å². The van der Waals surface area contributed by atoms with Gasteiger partial charge in [-0.25, -0.2) is 0 Å². The number of benzene rings is 2. The number of hydrogen-bond acceptors (Lipinski definition) is 2. The van der Waals surface area contributed by atoms with Crippen LogP contribution in [0.5, 0.6) is 0 Å². The van der Waals surface area contributed by atoms with E-state index in [0.717, 1.165) is 15.7 Å². The van der Waals surface area contributed by atoms with Crippen molar-refractivity contribution in [3.63, 3.8) is 0 Å². The number of halogens is 1. The molecule has 0 aliphatic carbocycles. The van der Waals surface area contributed by atoms with Crippen molar-refractivity contribution in [2.24, 2.45) is 0 Å². The number of thiocarbonyl (C=S) groups is 1. The van der Waals surface area contributed by atoms with E-state index in [1.165, 1.54) is 11.6 Å². The average molecular weight is 375 g/mol. The summed E-state index contributed by atoms with van der Waals surface area (Å²) in [5.41, 5.74) is 2.95. The molecule has 1 amide bonds. The molecule has 0 heterocycles. The maximum atomic E-state index is 11.8. The van der Waals surface area contributed by atoms with Crippen molar-refractivity contribution in [1.29, 1.82) is 0 Å². The highest BCUT2D eigenvalue weighted by Gasteiger charge is 2.03.